The van der Waals surface area contributed by atoms with Crippen molar-refractivity contribution in [2.24, 2.45) is 0 Å². The molecule has 4 aromatic rings. The molecule has 0 aliphatic rings. The van der Waals surface area contributed by atoms with E-state index in [1.807, 2.05) is 60.7 Å². The van der Waals surface area contributed by atoms with Gasteiger partial charge in [-0.2, -0.15) is 0 Å². The molecule has 1 N–H and O–H groups in total. The second-order valence-corrected chi connectivity index (χ2v) is 10.8. The highest BCUT2D eigenvalue weighted by molar-refractivity contribution is 7.92. The maximum atomic E-state index is 13.1. The number of carbonyl (C=O) groups excluding carboxylic acids is 2. The Kier molecular flexibility index (Phi) is 8.45. The number of hydrogen-bond acceptors (Lipinski definition) is 5. The molecule has 0 atom stereocenters. The van der Waals surface area contributed by atoms with Crippen LogP contribution in [-0.4, -0.2) is 33.9 Å². The minimum atomic E-state index is -3.99. The highest BCUT2D eigenvalue weighted by atomic mass is 35.5. The first-order chi connectivity index (χ1) is 18.3. The fourth-order valence-electron chi connectivity index (χ4n) is 3.82. The third kappa shape index (κ3) is 6.40. The van der Waals surface area contributed by atoms with E-state index >= 15 is 0 Å². The van der Waals surface area contributed by atoms with Gasteiger partial charge in [0.1, 0.15) is 0 Å². The van der Waals surface area contributed by atoms with Gasteiger partial charge in [0.2, 0.25) is 0 Å². The zero-order valence-electron chi connectivity index (χ0n) is 20.5. The first kappa shape index (κ1) is 26.9. The summed E-state index contributed by atoms with van der Waals surface area (Å²) in [6, 6.07) is 30.3. The van der Waals surface area contributed by atoms with Crippen LogP contribution in [0.25, 0.3) is 0 Å². The molecule has 194 valence electrons. The van der Waals surface area contributed by atoms with Crippen LogP contribution in [0.5, 0.6) is 0 Å². The smallest absolute Gasteiger partial charge is 0.338 e. The number of carbonyl (C=O) groups is 2. The first-order valence-electron chi connectivity index (χ1n) is 11.7. The van der Waals surface area contributed by atoms with Crippen molar-refractivity contribution in [1.82, 2.24) is 5.32 Å². The zero-order chi connectivity index (χ0) is 27.1. The van der Waals surface area contributed by atoms with E-state index in [2.05, 4.69) is 5.32 Å². The third-order valence-electron chi connectivity index (χ3n) is 5.81. The summed E-state index contributed by atoms with van der Waals surface area (Å²) >= 11 is 6.00. The van der Waals surface area contributed by atoms with Crippen LogP contribution in [0.1, 0.15) is 27.5 Å². The Morgan fingerprint density at radius 1 is 0.842 bits per heavy atom. The number of nitrogens with zero attached hydrogens (tertiary/aromatic N) is 1. The molecule has 38 heavy (non-hydrogen) atoms. The molecule has 7 nitrogen and oxygen atoms in total. The van der Waals surface area contributed by atoms with Gasteiger partial charge in [-0.1, -0.05) is 84.4 Å². The van der Waals surface area contributed by atoms with Gasteiger partial charge in [-0.05, 0) is 47.5 Å². The molecule has 4 aromatic carbocycles. The van der Waals surface area contributed by atoms with Gasteiger partial charge in [-0.15, -0.1) is 0 Å². The summed E-state index contributed by atoms with van der Waals surface area (Å²) in [5.41, 5.74) is 2.12. The van der Waals surface area contributed by atoms with Crippen LogP contribution >= 0.6 is 11.6 Å². The predicted octanol–water partition coefficient (Wildman–Crippen LogP) is 5.23. The van der Waals surface area contributed by atoms with E-state index in [0.29, 0.717) is 10.7 Å². The van der Waals surface area contributed by atoms with Crippen molar-refractivity contribution >= 4 is 39.2 Å². The van der Waals surface area contributed by atoms with Gasteiger partial charge in [0, 0.05) is 12.1 Å². The molecular weight excluding hydrogens is 524 g/mol. The van der Waals surface area contributed by atoms with E-state index in [0.717, 1.165) is 15.4 Å². The monoisotopic (exact) mass is 548 g/mol. The van der Waals surface area contributed by atoms with Crippen molar-refractivity contribution in [1.29, 1.82) is 0 Å². The number of amides is 1. The molecule has 0 unspecified atom stereocenters. The summed E-state index contributed by atoms with van der Waals surface area (Å²) < 4.78 is 32.6. The molecule has 0 heterocycles. The van der Waals surface area contributed by atoms with Gasteiger partial charge in [0.25, 0.3) is 15.9 Å². The standard InChI is InChI=1S/C29H25ClN2O5S/c1-32(25-16-9-15-24(30)19-25)38(35,36)26-17-8-14-23(18-26)29(34)37-20-27(33)31-28(21-10-4-2-5-11-21)22-12-6-3-7-13-22/h2-19,28H,20H2,1H3,(H,31,33). The van der Waals surface area contributed by atoms with E-state index in [4.69, 9.17) is 16.3 Å². The maximum absolute atomic E-state index is 13.1. The van der Waals surface area contributed by atoms with Crippen LogP contribution in [0.15, 0.2) is 114 Å². The number of benzene rings is 4. The lowest BCUT2D eigenvalue weighted by Gasteiger charge is -2.20. The molecular formula is C29H25ClN2O5S. The molecule has 4 rings (SSSR count). The maximum Gasteiger partial charge on any atom is 0.338 e. The van der Waals surface area contributed by atoms with E-state index in [1.165, 1.54) is 37.4 Å². The summed E-state index contributed by atoms with van der Waals surface area (Å²) in [5.74, 6) is -1.32. The summed E-state index contributed by atoms with van der Waals surface area (Å²) in [4.78, 5) is 25.3. The van der Waals surface area contributed by atoms with Crippen molar-refractivity contribution < 1.29 is 22.7 Å². The normalized spacial score (nSPS) is 11.1. The number of rotatable bonds is 9. The van der Waals surface area contributed by atoms with E-state index in [1.54, 1.807) is 18.2 Å². The van der Waals surface area contributed by atoms with Gasteiger partial charge in [0.05, 0.1) is 22.2 Å². The summed E-state index contributed by atoms with van der Waals surface area (Å²) in [5, 5.41) is 3.29. The number of anilines is 1. The molecule has 0 saturated carbocycles. The number of halogens is 1. The number of ether oxygens (including phenoxy) is 1. The van der Waals surface area contributed by atoms with Gasteiger partial charge < -0.3 is 10.1 Å². The second kappa shape index (κ2) is 11.9. The minimum absolute atomic E-state index is 0.000961. The average molecular weight is 549 g/mol. The Morgan fingerprint density at radius 3 is 2.05 bits per heavy atom. The highest BCUT2D eigenvalue weighted by Gasteiger charge is 2.23. The van der Waals surface area contributed by atoms with Crippen LogP contribution in [0.3, 0.4) is 0 Å². The molecule has 0 bridgehead atoms. The van der Waals surface area contributed by atoms with Crippen LogP contribution < -0.4 is 9.62 Å². The highest BCUT2D eigenvalue weighted by Crippen LogP contribution is 2.25. The lowest BCUT2D eigenvalue weighted by molar-refractivity contribution is -0.124. The third-order valence-corrected chi connectivity index (χ3v) is 7.82. The van der Waals surface area contributed by atoms with Gasteiger partial charge in [-0.3, -0.25) is 9.10 Å². The summed E-state index contributed by atoms with van der Waals surface area (Å²) in [6.45, 7) is -0.533. The minimum Gasteiger partial charge on any atom is -0.452 e. The zero-order valence-corrected chi connectivity index (χ0v) is 22.0. The molecule has 0 radical (unpaired) electrons. The summed E-state index contributed by atoms with van der Waals surface area (Å²) in [6.07, 6.45) is 0. The van der Waals surface area contributed by atoms with Crippen molar-refractivity contribution in [3.63, 3.8) is 0 Å². The molecule has 9 heteroatoms. The molecule has 0 saturated heterocycles. The van der Waals surface area contributed by atoms with Gasteiger partial charge in [-0.25, -0.2) is 13.2 Å². The fourth-order valence-corrected chi connectivity index (χ4v) is 5.24. The van der Waals surface area contributed by atoms with Crippen LogP contribution in [0.2, 0.25) is 5.02 Å². The number of esters is 1. The topological polar surface area (TPSA) is 92.8 Å². The van der Waals surface area contributed by atoms with Crippen molar-refractivity contribution in [2.75, 3.05) is 18.0 Å². The lowest BCUT2D eigenvalue weighted by atomic mass is 9.99. The van der Waals surface area contributed by atoms with Gasteiger partial charge >= 0.3 is 5.97 Å². The van der Waals surface area contributed by atoms with Crippen LogP contribution in [0.4, 0.5) is 5.69 Å². The lowest BCUT2D eigenvalue weighted by Crippen LogP contribution is -2.33. The van der Waals surface area contributed by atoms with Crippen LogP contribution in [-0.2, 0) is 19.6 Å². The van der Waals surface area contributed by atoms with E-state index in [9.17, 15) is 18.0 Å². The predicted molar refractivity (Wildman–Crippen MR) is 147 cm³/mol. The van der Waals surface area contributed by atoms with Crippen molar-refractivity contribution in [3.8, 4) is 0 Å². The quantitative estimate of drug-likeness (QED) is 0.289. The Labute approximate surface area is 226 Å². The second-order valence-electron chi connectivity index (χ2n) is 8.38. The Hall–Kier alpha value is -4.14. The van der Waals surface area contributed by atoms with Crippen LogP contribution in [0, 0.1) is 0 Å². The number of nitrogens with one attached hydrogen (secondary N) is 1. The SMILES string of the molecule is CN(c1cccc(Cl)c1)S(=O)(=O)c1cccc(C(=O)OCC(=O)NC(c2ccccc2)c2ccccc2)c1. The first-order valence-corrected chi connectivity index (χ1v) is 13.5. The molecule has 0 spiro atoms. The van der Waals surface area contributed by atoms with E-state index in [-0.39, 0.29) is 10.5 Å². The Morgan fingerprint density at radius 2 is 1.45 bits per heavy atom. The number of sulfonamides is 1. The van der Waals surface area contributed by atoms with E-state index < -0.39 is 34.5 Å². The van der Waals surface area contributed by atoms with Crippen molar-refractivity contribution in [3.05, 3.63) is 131 Å². The Balaban J connectivity index is 1.45. The van der Waals surface area contributed by atoms with Gasteiger partial charge in [0.15, 0.2) is 6.61 Å². The number of hydrogen-bond donors (Lipinski definition) is 1. The summed E-state index contributed by atoms with van der Waals surface area (Å²) in [7, 11) is -2.59. The largest absolute Gasteiger partial charge is 0.452 e. The average Bonchev–Trinajstić information content (AvgIpc) is 2.95. The Bertz CT molecular complexity index is 1490. The molecule has 0 aliphatic heterocycles. The molecule has 0 aliphatic carbocycles. The molecule has 0 aromatic heterocycles. The van der Waals surface area contributed by atoms with Crippen molar-refractivity contribution in [2.45, 2.75) is 10.9 Å². The fraction of sp³-hybridized carbons (Fsp3) is 0.103. The molecule has 1 amide bonds. The molecule has 0 fully saturated rings.